The molecule has 0 amide bonds. The van der Waals surface area contributed by atoms with E-state index in [9.17, 15) is 0 Å². The molecule has 1 heterocycles. The van der Waals surface area contributed by atoms with Gasteiger partial charge in [0.25, 0.3) is 0 Å². The van der Waals surface area contributed by atoms with Gasteiger partial charge in [0.05, 0.1) is 27.0 Å². The van der Waals surface area contributed by atoms with E-state index >= 15 is 0 Å². The first-order valence-corrected chi connectivity index (χ1v) is 5.31. The molecule has 0 unspecified atom stereocenters. The standard InChI is InChI=1S/C12H15N3O3/c1-16-9-6-11(18-3)10(17-2)4-7(9)8-5-12(13)15-14-8/h4-6H,1-3H3,(H3,13,14,15). The maximum Gasteiger partial charge on any atom is 0.164 e. The van der Waals surface area contributed by atoms with E-state index in [2.05, 4.69) is 10.2 Å². The van der Waals surface area contributed by atoms with Crippen molar-refractivity contribution in [1.82, 2.24) is 10.2 Å². The second-order valence-electron chi connectivity index (χ2n) is 3.61. The molecule has 0 aliphatic carbocycles. The van der Waals surface area contributed by atoms with E-state index in [4.69, 9.17) is 19.9 Å². The van der Waals surface area contributed by atoms with E-state index in [1.165, 1.54) is 0 Å². The fourth-order valence-corrected chi connectivity index (χ4v) is 1.71. The first-order chi connectivity index (χ1) is 8.69. The lowest BCUT2D eigenvalue weighted by atomic mass is 10.1. The summed E-state index contributed by atoms with van der Waals surface area (Å²) in [6, 6.07) is 5.29. The molecule has 0 radical (unpaired) electrons. The average molecular weight is 249 g/mol. The lowest BCUT2D eigenvalue weighted by Gasteiger charge is -2.12. The lowest BCUT2D eigenvalue weighted by molar-refractivity contribution is 0.349. The number of nitrogen functional groups attached to an aromatic ring is 1. The molecule has 0 atom stereocenters. The number of aromatic nitrogens is 2. The number of benzene rings is 1. The third kappa shape index (κ3) is 2.04. The number of hydrogen-bond donors (Lipinski definition) is 2. The first kappa shape index (κ1) is 12.1. The van der Waals surface area contributed by atoms with Gasteiger partial charge in [-0.2, -0.15) is 5.10 Å². The van der Waals surface area contributed by atoms with Crippen molar-refractivity contribution in [1.29, 1.82) is 0 Å². The number of nitrogens with one attached hydrogen (secondary N) is 1. The van der Waals surface area contributed by atoms with Crippen LogP contribution in [0.2, 0.25) is 0 Å². The minimum absolute atomic E-state index is 0.418. The van der Waals surface area contributed by atoms with Crippen molar-refractivity contribution in [3.8, 4) is 28.5 Å². The van der Waals surface area contributed by atoms with Gasteiger partial charge >= 0.3 is 0 Å². The number of methoxy groups -OCH3 is 3. The highest BCUT2D eigenvalue weighted by Gasteiger charge is 2.14. The van der Waals surface area contributed by atoms with Gasteiger partial charge in [0.1, 0.15) is 11.6 Å². The van der Waals surface area contributed by atoms with Crippen LogP contribution >= 0.6 is 0 Å². The van der Waals surface area contributed by atoms with Crippen LogP contribution in [0.1, 0.15) is 0 Å². The number of nitrogens with two attached hydrogens (primary N) is 1. The number of ether oxygens (including phenoxy) is 3. The molecule has 2 aromatic rings. The second kappa shape index (κ2) is 4.87. The molecule has 6 heteroatoms. The predicted octanol–water partition coefficient (Wildman–Crippen LogP) is 1.68. The van der Waals surface area contributed by atoms with Crippen LogP contribution in [0.4, 0.5) is 5.82 Å². The molecule has 3 N–H and O–H groups in total. The van der Waals surface area contributed by atoms with Crippen molar-refractivity contribution in [2.24, 2.45) is 0 Å². The maximum atomic E-state index is 5.59. The average Bonchev–Trinajstić information content (AvgIpc) is 2.83. The lowest BCUT2D eigenvalue weighted by Crippen LogP contribution is -1.95. The number of aromatic amines is 1. The molecule has 0 saturated heterocycles. The molecule has 1 aromatic carbocycles. The van der Waals surface area contributed by atoms with E-state index in [1.54, 1.807) is 33.5 Å². The Bertz CT molecular complexity index is 551. The van der Waals surface area contributed by atoms with Gasteiger partial charge in [-0.3, -0.25) is 5.10 Å². The third-order valence-corrected chi connectivity index (χ3v) is 2.59. The molecule has 0 aliphatic rings. The fraction of sp³-hybridized carbons (Fsp3) is 0.250. The molecule has 0 saturated carbocycles. The highest BCUT2D eigenvalue weighted by Crippen LogP contribution is 2.39. The van der Waals surface area contributed by atoms with Crippen LogP contribution in [-0.4, -0.2) is 31.5 Å². The summed E-state index contributed by atoms with van der Waals surface area (Å²) < 4.78 is 15.8. The van der Waals surface area contributed by atoms with E-state index in [1.807, 2.05) is 6.07 Å². The van der Waals surface area contributed by atoms with Gasteiger partial charge < -0.3 is 19.9 Å². The summed E-state index contributed by atoms with van der Waals surface area (Å²) in [7, 11) is 4.74. The van der Waals surface area contributed by atoms with Crippen molar-refractivity contribution in [2.75, 3.05) is 27.1 Å². The van der Waals surface area contributed by atoms with Crippen molar-refractivity contribution in [3.63, 3.8) is 0 Å². The van der Waals surface area contributed by atoms with E-state index in [0.717, 1.165) is 11.3 Å². The van der Waals surface area contributed by atoms with Crippen LogP contribution in [0.25, 0.3) is 11.3 Å². The topological polar surface area (TPSA) is 82.4 Å². The largest absolute Gasteiger partial charge is 0.496 e. The van der Waals surface area contributed by atoms with Gasteiger partial charge in [-0.25, -0.2) is 0 Å². The highest BCUT2D eigenvalue weighted by molar-refractivity contribution is 5.73. The number of rotatable bonds is 4. The Kier molecular flexibility index (Phi) is 3.27. The van der Waals surface area contributed by atoms with Crippen molar-refractivity contribution in [3.05, 3.63) is 18.2 Å². The van der Waals surface area contributed by atoms with E-state index < -0.39 is 0 Å². The van der Waals surface area contributed by atoms with Crippen LogP contribution in [0.3, 0.4) is 0 Å². The SMILES string of the molecule is COc1cc(OC)c(-c2cc(N)n[nH]2)cc1OC. The Morgan fingerprint density at radius 1 is 0.944 bits per heavy atom. The minimum Gasteiger partial charge on any atom is -0.496 e. The molecular formula is C12H15N3O3. The zero-order chi connectivity index (χ0) is 13.1. The van der Waals surface area contributed by atoms with Gasteiger partial charge in [-0.05, 0) is 6.07 Å². The summed E-state index contributed by atoms with van der Waals surface area (Å²) >= 11 is 0. The zero-order valence-electron chi connectivity index (χ0n) is 10.5. The monoisotopic (exact) mass is 249 g/mol. The first-order valence-electron chi connectivity index (χ1n) is 5.31. The maximum absolute atomic E-state index is 5.59. The number of nitrogens with zero attached hydrogens (tertiary/aromatic N) is 1. The molecule has 6 nitrogen and oxygen atoms in total. The smallest absolute Gasteiger partial charge is 0.164 e. The van der Waals surface area contributed by atoms with Crippen LogP contribution < -0.4 is 19.9 Å². The Morgan fingerprint density at radius 2 is 1.56 bits per heavy atom. The molecule has 96 valence electrons. The van der Waals surface area contributed by atoms with Gasteiger partial charge in [0.15, 0.2) is 11.5 Å². The predicted molar refractivity (Wildman–Crippen MR) is 68.1 cm³/mol. The van der Waals surface area contributed by atoms with E-state index in [-0.39, 0.29) is 0 Å². The summed E-state index contributed by atoms with van der Waals surface area (Å²) in [5, 5.41) is 6.73. The van der Waals surface area contributed by atoms with Crippen molar-refractivity contribution >= 4 is 5.82 Å². The Labute approximate surface area is 105 Å². The van der Waals surface area contributed by atoms with Crippen molar-refractivity contribution < 1.29 is 14.2 Å². The van der Waals surface area contributed by atoms with E-state index in [0.29, 0.717) is 23.1 Å². The molecule has 0 bridgehead atoms. The van der Waals surface area contributed by atoms with Gasteiger partial charge in [-0.15, -0.1) is 0 Å². The zero-order valence-corrected chi connectivity index (χ0v) is 10.5. The second-order valence-corrected chi connectivity index (χ2v) is 3.61. The minimum atomic E-state index is 0.418. The third-order valence-electron chi connectivity index (χ3n) is 2.59. The molecule has 0 fully saturated rings. The normalized spacial score (nSPS) is 10.2. The molecular weight excluding hydrogens is 234 g/mol. The van der Waals surface area contributed by atoms with Gasteiger partial charge in [0.2, 0.25) is 0 Å². The Balaban J connectivity index is 2.58. The van der Waals surface area contributed by atoms with Crippen LogP contribution in [0, 0.1) is 0 Å². The number of H-pyrrole nitrogens is 1. The van der Waals surface area contributed by atoms with Crippen LogP contribution in [0.15, 0.2) is 18.2 Å². The van der Waals surface area contributed by atoms with Crippen LogP contribution in [-0.2, 0) is 0 Å². The molecule has 18 heavy (non-hydrogen) atoms. The Hall–Kier alpha value is -2.37. The van der Waals surface area contributed by atoms with Gasteiger partial charge in [-0.1, -0.05) is 0 Å². The molecule has 0 aliphatic heterocycles. The summed E-state index contributed by atoms with van der Waals surface area (Å²) in [5.74, 6) is 2.28. The Morgan fingerprint density at radius 3 is 2.06 bits per heavy atom. The van der Waals surface area contributed by atoms with Crippen molar-refractivity contribution in [2.45, 2.75) is 0 Å². The summed E-state index contributed by atoms with van der Waals surface area (Å²) in [6.45, 7) is 0. The molecule has 2 rings (SSSR count). The number of hydrogen-bond acceptors (Lipinski definition) is 5. The quantitative estimate of drug-likeness (QED) is 0.861. The fourth-order valence-electron chi connectivity index (χ4n) is 1.71. The number of anilines is 1. The summed E-state index contributed by atoms with van der Waals surface area (Å²) in [6.07, 6.45) is 0. The summed E-state index contributed by atoms with van der Waals surface area (Å²) in [4.78, 5) is 0. The molecule has 1 aromatic heterocycles. The molecule has 0 spiro atoms. The summed E-state index contributed by atoms with van der Waals surface area (Å²) in [5.41, 5.74) is 7.15. The van der Waals surface area contributed by atoms with Gasteiger partial charge in [0, 0.05) is 17.7 Å². The van der Waals surface area contributed by atoms with Crippen LogP contribution in [0.5, 0.6) is 17.2 Å². The highest BCUT2D eigenvalue weighted by atomic mass is 16.5.